The Kier molecular flexibility index (Phi) is 4.13. The monoisotopic (exact) mass is 339 g/mol. The molecule has 0 atom stereocenters. The molecule has 0 unspecified atom stereocenters. The molecule has 7 heteroatoms. The van der Waals surface area contributed by atoms with Crippen molar-refractivity contribution in [3.05, 3.63) is 59.6 Å². The van der Waals surface area contributed by atoms with Crippen LogP contribution in [0.5, 0.6) is 0 Å². The van der Waals surface area contributed by atoms with Gasteiger partial charge in [-0.1, -0.05) is 0 Å². The van der Waals surface area contributed by atoms with Crippen molar-refractivity contribution in [3.63, 3.8) is 0 Å². The SMILES string of the molecule is Cn1nc(CN(Cc2ccco2)C(=O)Cn2cccn2)c2c1CCC2. The fourth-order valence-corrected chi connectivity index (χ4v) is 3.46. The van der Waals surface area contributed by atoms with E-state index in [4.69, 9.17) is 4.42 Å². The number of carbonyl (C=O) groups is 1. The first kappa shape index (κ1) is 15.7. The van der Waals surface area contributed by atoms with Crippen LogP contribution in [0.1, 0.15) is 29.1 Å². The maximum Gasteiger partial charge on any atom is 0.245 e. The van der Waals surface area contributed by atoms with Gasteiger partial charge in [0.1, 0.15) is 12.3 Å². The van der Waals surface area contributed by atoms with Gasteiger partial charge in [-0.2, -0.15) is 10.2 Å². The van der Waals surface area contributed by atoms with E-state index in [9.17, 15) is 4.79 Å². The van der Waals surface area contributed by atoms with Gasteiger partial charge in [-0.25, -0.2) is 0 Å². The molecule has 1 aliphatic carbocycles. The number of amides is 1. The highest BCUT2D eigenvalue weighted by molar-refractivity contribution is 5.75. The van der Waals surface area contributed by atoms with Gasteiger partial charge in [-0.3, -0.25) is 14.2 Å². The molecule has 3 heterocycles. The summed E-state index contributed by atoms with van der Waals surface area (Å²) in [6.45, 7) is 1.13. The summed E-state index contributed by atoms with van der Waals surface area (Å²) in [5, 5.41) is 8.78. The smallest absolute Gasteiger partial charge is 0.245 e. The third kappa shape index (κ3) is 3.22. The van der Waals surface area contributed by atoms with Gasteiger partial charge in [0, 0.05) is 25.1 Å². The van der Waals surface area contributed by atoms with Crippen molar-refractivity contribution in [2.24, 2.45) is 7.05 Å². The lowest BCUT2D eigenvalue weighted by Gasteiger charge is -2.21. The lowest BCUT2D eigenvalue weighted by atomic mass is 10.2. The first-order valence-electron chi connectivity index (χ1n) is 8.52. The van der Waals surface area contributed by atoms with Gasteiger partial charge in [-0.05, 0) is 43.0 Å². The van der Waals surface area contributed by atoms with Gasteiger partial charge in [0.2, 0.25) is 5.91 Å². The minimum atomic E-state index is -0.00231. The van der Waals surface area contributed by atoms with Gasteiger partial charge >= 0.3 is 0 Å². The number of nitrogens with zero attached hydrogens (tertiary/aromatic N) is 5. The van der Waals surface area contributed by atoms with E-state index in [0.717, 1.165) is 30.7 Å². The number of carbonyl (C=O) groups excluding carboxylic acids is 1. The highest BCUT2D eigenvalue weighted by Gasteiger charge is 2.24. The predicted octanol–water partition coefficient (Wildman–Crippen LogP) is 1.93. The Bertz CT molecular complexity index is 849. The van der Waals surface area contributed by atoms with Gasteiger partial charge < -0.3 is 9.32 Å². The summed E-state index contributed by atoms with van der Waals surface area (Å²) in [6, 6.07) is 5.54. The summed E-state index contributed by atoms with van der Waals surface area (Å²) in [4.78, 5) is 14.6. The molecule has 1 aliphatic rings. The van der Waals surface area contributed by atoms with Crippen LogP contribution in [0, 0.1) is 0 Å². The third-order valence-electron chi connectivity index (χ3n) is 4.67. The maximum atomic E-state index is 12.8. The summed E-state index contributed by atoms with van der Waals surface area (Å²) < 4.78 is 9.04. The van der Waals surface area contributed by atoms with Gasteiger partial charge in [-0.15, -0.1) is 0 Å². The lowest BCUT2D eigenvalue weighted by molar-refractivity contribution is -0.133. The molecule has 0 N–H and O–H groups in total. The Balaban J connectivity index is 1.56. The Labute approximate surface area is 145 Å². The zero-order chi connectivity index (χ0) is 17.2. The molecular weight excluding hydrogens is 318 g/mol. The van der Waals surface area contributed by atoms with E-state index in [2.05, 4.69) is 10.2 Å². The normalized spacial score (nSPS) is 13.2. The number of rotatable bonds is 6. The minimum absolute atomic E-state index is 0.00231. The molecule has 0 spiro atoms. The Morgan fingerprint density at radius 2 is 2.24 bits per heavy atom. The third-order valence-corrected chi connectivity index (χ3v) is 4.67. The van der Waals surface area contributed by atoms with E-state index in [1.54, 1.807) is 28.2 Å². The van der Waals surface area contributed by atoms with E-state index < -0.39 is 0 Å². The van der Waals surface area contributed by atoms with Crippen LogP contribution in [-0.2, 0) is 44.3 Å². The van der Waals surface area contributed by atoms with Crippen LogP contribution in [0.3, 0.4) is 0 Å². The molecule has 0 aliphatic heterocycles. The highest BCUT2D eigenvalue weighted by Crippen LogP contribution is 2.26. The van der Waals surface area contributed by atoms with Crippen molar-refractivity contribution in [1.29, 1.82) is 0 Å². The number of furan rings is 1. The quantitative estimate of drug-likeness (QED) is 0.688. The van der Waals surface area contributed by atoms with Gasteiger partial charge in [0.25, 0.3) is 0 Å². The Morgan fingerprint density at radius 3 is 3.00 bits per heavy atom. The van der Waals surface area contributed by atoms with Crippen molar-refractivity contribution in [2.75, 3.05) is 0 Å². The van der Waals surface area contributed by atoms with Crippen molar-refractivity contribution in [2.45, 2.75) is 38.9 Å². The molecule has 0 radical (unpaired) electrons. The lowest BCUT2D eigenvalue weighted by Crippen LogP contribution is -2.33. The molecule has 3 aromatic heterocycles. The number of aryl methyl sites for hydroxylation is 1. The summed E-state index contributed by atoms with van der Waals surface area (Å²) in [7, 11) is 1.98. The second kappa shape index (κ2) is 6.58. The van der Waals surface area contributed by atoms with Crippen molar-refractivity contribution >= 4 is 5.91 Å². The first-order chi connectivity index (χ1) is 12.2. The minimum Gasteiger partial charge on any atom is -0.467 e. The first-order valence-corrected chi connectivity index (χ1v) is 8.52. The molecule has 0 aromatic carbocycles. The van der Waals surface area contributed by atoms with Gasteiger partial charge in [0.15, 0.2) is 0 Å². The number of hydrogen-bond donors (Lipinski definition) is 0. The van der Waals surface area contributed by atoms with E-state index in [1.807, 2.05) is 29.9 Å². The molecule has 3 aromatic rings. The summed E-state index contributed by atoms with van der Waals surface area (Å²) in [5.74, 6) is 0.763. The van der Waals surface area contributed by atoms with Crippen LogP contribution in [0.4, 0.5) is 0 Å². The van der Waals surface area contributed by atoms with E-state index >= 15 is 0 Å². The summed E-state index contributed by atoms with van der Waals surface area (Å²) in [6.07, 6.45) is 8.37. The predicted molar refractivity (Wildman–Crippen MR) is 90.4 cm³/mol. The van der Waals surface area contributed by atoms with Crippen molar-refractivity contribution in [1.82, 2.24) is 24.5 Å². The molecule has 0 fully saturated rings. The summed E-state index contributed by atoms with van der Waals surface area (Å²) in [5.41, 5.74) is 3.60. The largest absolute Gasteiger partial charge is 0.467 e. The van der Waals surface area contributed by atoms with E-state index in [-0.39, 0.29) is 12.5 Å². The molecule has 0 saturated heterocycles. The second-order valence-corrected chi connectivity index (χ2v) is 6.38. The topological polar surface area (TPSA) is 69.1 Å². The van der Waals surface area contributed by atoms with Gasteiger partial charge in [0.05, 0.1) is 25.0 Å². The molecule has 1 amide bonds. The molecular formula is C18H21N5O2. The van der Waals surface area contributed by atoms with E-state index in [1.165, 1.54) is 11.3 Å². The number of fused-ring (bicyclic) bond motifs is 1. The van der Waals surface area contributed by atoms with Crippen molar-refractivity contribution in [3.8, 4) is 0 Å². The Morgan fingerprint density at radius 1 is 1.32 bits per heavy atom. The van der Waals surface area contributed by atoms with Crippen LogP contribution in [0.15, 0.2) is 41.3 Å². The van der Waals surface area contributed by atoms with Crippen LogP contribution in [0.2, 0.25) is 0 Å². The van der Waals surface area contributed by atoms with Crippen LogP contribution >= 0.6 is 0 Å². The zero-order valence-corrected chi connectivity index (χ0v) is 14.3. The average molecular weight is 339 g/mol. The number of hydrogen-bond acceptors (Lipinski definition) is 4. The number of aromatic nitrogens is 4. The van der Waals surface area contributed by atoms with E-state index in [0.29, 0.717) is 13.1 Å². The fourth-order valence-electron chi connectivity index (χ4n) is 3.46. The van der Waals surface area contributed by atoms with Crippen LogP contribution < -0.4 is 0 Å². The van der Waals surface area contributed by atoms with Crippen LogP contribution in [0.25, 0.3) is 0 Å². The molecule has 4 rings (SSSR count). The zero-order valence-electron chi connectivity index (χ0n) is 14.3. The average Bonchev–Trinajstić information content (AvgIpc) is 3.35. The molecule has 25 heavy (non-hydrogen) atoms. The van der Waals surface area contributed by atoms with Crippen LogP contribution in [-0.4, -0.2) is 30.4 Å². The highest BCUT2D eigenvalue weighted by atomic mass is 16.3. The summed E-state index contributed by atoms with van der Waals surface area (Å²) >= 11 is 0. The molecule has 130 valence electrons. The van der Waals surface area contributed by atoms with Crippen molar-refractivity contribution < 1.29 is 9.21 Å². The second-order valence-electron chi connectivity index (χ2n) is 6.38. The fraction of sp³-hybridized carbons (Fsp3) is 0.389. The molecule has 0 saturated carbocycles. The standard InChI is InChI=1S/C18H21N5O2/c1-21-17-7-2-6-15(17)16(20-21)12-22(11-14-5-3-10-25-14)18(24)13-23-9-4-8-19-23/h3-5,8-10H,2,6-7,11-13H2,1H3. The Hall–Kier alpha value is -2.83. The maximum absolute atomic E-state index is 12.8. The molecule has 7 nitrogen and oxygen atoms in total. The molecule has 0 bridgehead atoms.